The predicted molar refractivity (Wildman–Crippen MR) is 130 cm³/mol. The lowest BCUT2D eigenvalue weighted by molar-refractivity contribution is 0.0697. The number of nitrogens with zero attached hydrogens (tertiary/aromatic N) is 3. The number of benzene rings is 3. The molecule has 4 aromatic rings. The number of hydrogen-bond donors (Lipinski definition) is 2. The molecule has 1 aliphatic heterocycles. The summed E-state index contributed by atoms with van der Waals surface area (Å²) in [7, 11) is 0. The maximum absolute atomic E-state index is 11.1. The lowest BCUT2D eigenvalue weighted by Gasteiger charge is -2.13. The van der Waals surface area contributed by atoms with E-state index < -0.39 is 5.97 Å². The van der Waals surface area contributed by atoms with Gasteiger partial charge in [-0.15, -0.1) is 0 Å². The number of nitrogens with one attached hydrogen (secondary N) is 1. The van der Waals surface area contributed by atoms with Crippen LogP contribution < -0.4 is 5.32 Å². The first kappa shape index (κ1) is 21.1. The second kappa shape index (κ2) is 8.65. The van der Waals surface area contributed by atoms with Gasteiger partial charge in [0.05, 0.1) is 23.5 Å². The summed E-state index contributed by atoms with van der Waals surface area (Å²) < 4.78 is 0. The standard InChI is InChI=1S/C25H16Cl2N4O2/c26-16-7-10-18-20(11-16)23(19-3-1-2-4-21(19)27)28-12-15-13-29-25(31-22(15)18)30-17-8-5-14(6-9-17)24(32)33/h1-11,13H,12H2,(H,32,33)(H,29,30,31). The maximum atomic E-state index is 11.1. The van der Waals surface area contributed by atoms with Crippen LogP contribution in [0.25, 0.3) is 11.3 Å². The van der Waals surface area contributed by atoms with E-state index in [1.54, 1.807) is 18.3 Å². The Morgan fingerprint density at radius 1 is 0.939 bits per heavy atom. The van der Waals surface area contributed by atoms with Crippen LogP contribution in [0.5, 0.6) is 0 Å². The van der Waals surface area contributed by atoms with Crippen LogP contribution in [0, 0.1) is 0 Å². The fraction of sp³-hybridized carbons (Fsp3) is 0.0400. The fourth-order valence-electron chi connectivity index (χ4n) is 3.69. The molecule has 0 spiro atoms. The monoisotopic (exact) mass is 474 g/mol. The van der Waals surface area contributed by atoms with Crippen molar-refractivity contribution in [2.24, 2.45) is 4.99 Å². The van der Waals surface area contributed by atoms with Crippen molar-refractivity contribution < 1.29 is 9.90 Å². The quantitative estimate of drug-likeness (QED) is 0.365. The molecule has 1 aromatic heterocycles. The van der Waals surface area contributed by atoms with Gasteiger partial charge in [0, 0.05) is 44.2 Å². The number of aromatic nitrogens is 2. The molecule has 0 saturated heterocycles. The number of hydrogen-bond acceptors (Lipinski definition) is 5. The summed E-state index contributed by atoms with van der Waals surface area (Å²) in [5.41, 5.74) is 5.77. The van der Waals surface area contributed by atoms with E-state index in [4.69, 9.17) is 38.3 Å². The molecule has 8 heteroatoms. The number of aromatic carboxylic acids is 1. The van der Waals surface area contributed by atoms with E-state index in [2.05, 4.69) is 10.3 Å². The van der Waals surface area contributed by atoms with Crippen LogP contribution >= 0.6 is 23.2 Å². The van der Waals surface area contributed by atoms with Crippen molar-refractivity contribution in [2.45, 2.75) is 6.54 Å². The number of fused-ring (bicyclic) bond motifs is 3. The molecule has 0 fully saturated rings. The lowest BCUT2D eigenvalue weighted by atomic mass is 9.95. The molecule has 0 amide bonds. The normalized spacial score (nSPS) is 12.2. The Kier molecular flexibility index (Phi) is 5.54. The van der Waals surface area contributed by atoms with Gasteiger partial charge in [-0.3, -0.25) is 4.99 Å². The number of aliphatic imine (C=N–C) groups is 1. The Bertz CT molecular complexity index is 1420. The van der Waals surface area contributed by atoms with Gasteiger partial charge in [-0.05, 0) is 42.5 Å². The molecule has 0 aliphatic carbocycles. The maximum Gasteiger partial charge on any atom is 0.335 e. The van der Waals surface area contributed by atoms with E-state index in [-0.39, 0.29) is 5.56 Å². The van der Waals surface area contributed by atoms with Gasteiger partial charge in [-0.2, -0.15) is 0 Å². The molecule has 33 heavy (non-hydrogen) atoms. The molecule has 0 atom stereocenters. The van der Waals surface area contributed by atoms with E-state index >= 15 is 0 Å². The van der Waals surface area contributed by atoms with Crippen molar-refractivity contribution in [3.05, 3.63) is 105 Å². The predicted octanol–water partition coefficient (Wildman–Crippen LogP) is 6.24. The Hall–Kier alpha value is -3.74. The van der Waals surface area contributed by atoms with Gasteiger partial charge in [0.15, 0.2) is 0 Å². The summed E-state index contributed by atoms with van der Waals surface area (Å²) >= 11 is 12.8. The summed E-state index contributed by atoms with van der Waals surface area (Å²) in [4.78, 5) is 25.1. The first-order valence-electron chi connectivity index (χ1n) is 10.1. The molecule has 1 aliphatic rings. The first-order chi connectivity index (χ1) is 16.0. The first-order valence-corrected chi connectivity index (χ1v) is 10.8. The molecule has 2 N–H and O–H groups in total. The van der Waals surface area contributed by atoms with Crippen LogP contribution in [-0.4, -0.2) is 26.8 Å². The minimum atomic E-state index is -0.979. The number of carbonyl (C=O) groups is 1. The molecule has 2 heterocycles. The lowest BCUT2D eigenvalue weighted by Crippen LogP contribution is -2.06. The Labute approximate surface area is 199 Å². The second-order valence-electron chi connectivity index (χ2n) is 7.41. The van der Waals surface area contributed by atoms with Gasteiger partial charge < -0.3 is 10.4 Å². The van der Waals surface area contributed by atoms with Gasteiger partial charge >= 0.3 is 5.97 Å². The highest BCUT2D eigenvalue weighted by Crippen LogP contribution is 2.35. The molecule has 5 rings (SSSR count). The van der Waals surface area contributed by atoms with Crippen LogP contribution in [0.4, 0.5) is 11.6 Å². The Morgan fingerprint density at radius 3 is 2.48 bits per heavy atom. The average molecular weight is 475 g/mol. The van der Waals surface area contributed by atoms with Gasteiger partial charge in [0.1, 0.15) is 0 Å². The molecule has 6 nitrogen and oxygen atoms in total. The van der Waals surface area contributed by atoms with E-state index in [1.807, 2.05) is 42.5 Å². The van der Waals surface area contributed by atoms with Crippen LogP contribution in [0.15, 0.2) is 77.9 Å². The van der Waals surface area contributed by atoms with Crippen molar-refractivity contribution in [2.75, 3.05) is 5.32 Å². The molecular formula is C25H16Cl2N4O2. The second-order valence-corrected chi connectivity index (χ2v) is 8.25. The summed E-state index contributed by atoms with van der Waals surface area (Å²) in [5, 5.41) is 13.4. The third-order valence-electron chi connectivity index (χ3n) is 5.28. The SMILES string of the molecule is O=C(O)c1ccc(Nc2ncc3c(n2)-c2ccc(Cl)cc2C(c2ccccc2Cl)=NC3)cc1. The van der Waals surface area contributed by atoms with Crippen molar-refractivity contribution >= 4 is 46.5 Å². The third-order valence-corrected chi connectivity index (χ3v) is 5.85. The van der Waals surface area contributed by atoms with Crippen molar-refractivity contribution in [1.29, 1.82) is 0 Å². The van der Waals surface area contributed by atoms with Gasteiger partial charge in [-0.25, -0.2) is 14.8 Å². The number of carboxylic acid groups (broad SMARTS) is 1. The van der Waals surface area contributed by atoms with E-state index in [1.165, 1.54) is 12.1 Å². The molecule has 3 aromatic carbocycles. The average Bonchev–Trinajstić information content (AvgIpc) is 2.96. The Morgan fingerprint density at radius 2 is 1.73 bits per heavy atom. The minimum absolute atomic E-state index is 0.207. The topological polar surface area (TPSA) is 87.5 Å². The molecule has 0 radical (unpaired) electrons. The summed E-state index contributed by atoms with van der Waals surface area (Å²) in [6.07, 6.45) is 1.74. The molecular weight excluding hydrogens is 459 g/mol. The van der Waals surface area contributed by atoms with Crippen molar-refractivity contribution in [3.8, 4) is 11.3 Å². The summed E-state index contributed by atoms with van der Waals surface area (Å²) in [5.74, 6) is -0.591. The minimum Gasteiger partial charge on any atom is -0.478 e. The van der Waals surface area contributed by atoms with Crippen LogP contribution in [0.1, 0.15) is 27.0 Å². The fourth-order valence-corrected chi connectivity index (χ4v) is 4.09. The van der Waals surface area contributed by atoms with Gasteiger partial charge in [0.2, 0.25) is 5.95 Å². The summed E-state index contributed by atoms with van der Waals surface area (Å²) in [6.45, 7) is 0.385. The van der Waals surface area contributed by atoms with E-state index in [0.29, 0.717) is 28.2 Å². The zero-order valence-electron chi connectivity index (χ0n) is 17.1. The highest BCUT2D eigenvalue weighted by Gasteiger charge is 2.22. The molecule has 0 unspecified atom stereocenters. The number of halogens is 2. The number of anilines is 2. The zero-order chi connectivity index (χ0) is 22.9. The van der Waals surface area contributed by atoms with Crippen LogP contribution in [-0.2, 0) is 6.54 Å². The molecule has 162 valence electrons. The van der Waals surface area contributed by atoms with Crippen LogP contribution in [0.3, 0.4) is 0 Å². The Balaban J connectivity index is 1.57. The van der Waals surface area contributed by atoms with Crippen LogP contribution in [0.2, 0.25) is 10.0 Å². The van der Waals surface area contributed by atoms with E-state index in [9.17, 15) is 4.79 Å². The van der Waals surface area contributed by atoms with Crippen molar-refractivity contribution in [1.82, 2.24) is 9.97 Å². The van der Waals surface area contributed by atoms with Gasteiger partial charge in [0.25, 0.3) is 0 Å². The smallest absolute Gasteiger partial charge is 0.335 e. The summed E-state index contributed by atoms with van der Waals surface area (Å²) in [6, 6.07) is 19.6. The van der Waals surface area contributed by atoms with Crippen molar-refractivity contribution in [3.63, 3.8) is 0 Å². The molecule has 0 bridgehead atoms. The van der Waals surface area contributed by atoms with Gasteiger partial charge in [-0.1, -0.05) is 47.5 Å². The zero-order valence-corrected chi connectivity index (χ0v) is 18.6. The number of rotatable bonds is 4. The highest BCUT2D eigenvalue weighted by molar-refractivity contribution is 6.36. The van der Waals surface area contributed by atoms with E-state index in [0.717, 1.165) is 33.7 Å². The highest BCUT2D eigenvalue weighted by atomic mass is 35.5. The molecule has 0 saturated carbocycles. The number of carboxylic acids is 1. The largest absolute Gasteiger partial charge is 0.478 e. The third kappa shape index (κ3) is 4.18.